The zero-order valence-corrected chi connectivity index (χ0v) is 17.8. The molecule has 1 aliphatic carbocycles. The van der Waals surface area contributed by atoms with E-state index in [1.54, 1.807) is 21.3 Å². The van der Waals surface area contributed by atoms with Crippen molar-refractivity contribution in [1.82, 2.24) is 5.32 Å². The summed E-state index contributed by atoms with van der Waals surface area (Å²) >= 11 is 1.88. The van der Waals surface area contributed by atoms with Crippen LogP contribution in [0.1, 0.15) is 18.4 Å². The SMILES string of the molecule is COc1cc(CNC(=O)C2CSC34CC=CC=C3N=CCC24)cc(OC)c1OC. The van der Waals surface area contributed by atoms with Crippen LogP contribution in [0.3, 0.4) is 0 Å². The molecule has 2 heterocycles. The number of nitrogens with one attached hydrogen (secondary N) is 1. The summed E-state index contributed by atoms with van der Waals surface area (Å²) in [5, 5.41) is 3.12. The second-order valence-corrected chi connectivity index (χ2v) is 8.75. The first kappa shape index (κ1) is 19.9. The molecule has 1 N–H and O–H groups in total. The first-order chi connectivity index (χ1) is 14.1. The normalized spacial score (nSPS) is 26.9. The second kappa shape index (κ2) is 8.14. The Morgan fingerprint density at radius 1 is 1.24 bits per heavy atom. The van der Waals surface area contributed by atoms with Crippen molar-refractivity contribution >= 4 is 23.9 Å². The lowest BCUT2D eigenvalue weighted by Gasteiger charge is -2.39. The van der Waals surface area contributed by atoms with Gasteiger partial charge in [0, 0.05) is 18.5 Å². The van der Waals surface area contributed by atoms with E-state index in [0.29, 0.717) is 23.8 Å². The fourth-order valence-corrected chi connectivity index (χ4v) is 6.31. The number of allylic oxidation sites excluding steroid dienone is 3. The molecule has 3 atom stereocenters. The average Bonchev–Trinajstić information content (AvgIpc) is 3.14. The maximum absolute atomic E-state index is 13.1. The van der Waals surface area contributed by atoms with Crippen molar-refractivity contribution in [1.29, 1.82) is 0 Å². The van der Waals surface area contributed by atoms with Crippen molar-refractivity contribution in [2.24, 2.45) is 16.8 Å². The summed E-state index contributed by atoms with van der Waals surface area (Å²) in [6.45, 7) is 0.410. The summed E-state index contributed by atoms with van der Waals surface area (Å²) in [6.07, 6.45) is 10.1. The highest BCUT2D eigenvalue weighted by atomic mass is 32.2. The van der Waals surface area contributed by atoms with Crippen molar-refractivity contribution < 1.29 is 19.0 Å². The first-order valence-electron chi connectivity index (χ1n) is 9.73. The molecule has 4 rings (SSSR count). The van der Waals surface area contributed by atoms with Crippen LogP contribution in [0.2, 0.25) is 0 Å². The van der Waals surface area contributed by atoms with Crippen molar-refractivity contribution in [3.05, 3.63) is 41.6 Å². The molecule has 6 nitrogen and oxygen atoms in total. The Morgan fingerprint density at radius 3 is 2.69 bits per heavy atom. The molecule has 0 radical (unpaired) electrons. The zero-order chi connectivity index (χ0) is 20.4. The third-order valence-electron chi connectivity index (χ3n) is 5.97. The van der Waals surface area contributed by atoms with Gasteiger partial charge >= 0.3 is 0 Å². The summed E-state index contributed by atoms with van der Waals surface area (Å²) < 4.78 is 16.1. The zero-order valence-electron chi connectivity index (χ0n) is 16.9. The number of thioether (sulfide) groups is 1. The summed E-state index contributed by atoms with van der Waals surface area (Å²) in [5.74, 6) is 2.88. The van der Waals surface area contributed by atoms with E-state index < -0.39 is 0 Å². The van der Waals surface area contributed by atoms with Gasteiger partial charge in [-0.1, -0.05) is 12.2 Å². The number of hydrogen-bond donors (Lipinski definition) is 1. The molecule has 1 amide bonds. The third-order valence-corrected chi connectivity index (χ3v) is 7.69. The molecule has 0 aromatic heterocycles. The number of carbonyl (C=O) groups excluding carboxylic acids is 1. The number of amides is 1. The Hall–Kier alpha value is -2.41. The van der Waals surface area contributed by atoms with Crippen LogP contribution >= 0.6 is 11.8 Å². The number of methoxy groups -OCH3 is 3. The molecule has 3 unspecified atom stereocenters. The van der Waals surface area contributed by atoms with Gasteiger partial charge in [0.25, 0.3) is 0 Å². The minimum atomic E-state index is -0.0436. The van der Waals surface area contributed by atoms with E-state index in [1.165, 1.54) is 0 Å². The molecular weight excluding hydrogens is 388 g/mol. The largest absolute Gasteiger partial charge is 0.493 e. The lowest BCUT2D eigenvalue weighted by molar-refractivity contribution is -0.126. The highest BCUT2D eigenvalue weighted by molar-refractivity contribution is 8.01. The monoisotopic (exact) mass is 414 g/mol. The van der Waals surface area contributed by atoms with Gasteiger partial charge in [-0.25, -0.2) is 0 Å². The van der Waals surface area contributed by atoms with Crippen molar-refractivity contribution in [3.63, 3.8) is 0 Å². The molecule has 3 aliphatic rings. The van der Waals surface area contributed by atoms with Crippen LogP contribution in [0.4, 0.5) is 0 Å². The van der Waals surface area contributed by atoms with Gasteiger partial charge in [0.05, 0.1) is 37.7 Å². The van der Waals surface area contributed by atoms with Crippen molar-refractivity contribution in [3.8, 4) is 17.2 Å². The predicted octanol–water partition coefficient (Wildman–Crippen LogP) is 3.36. The topological polar surface area (TPSA) is 69.2 Å². The maximum atomic E-state index is 13.1. The van der Waals surface area contributed by atoms with Gasteiger partial charge in [-0.05, 0) is 42.5 Å². The van der Waals surface area contributed by atoms with E-state index in [-0.39, 0.29) is 22.5 Å². The molecule has 0 saturated carbocycles. The molecule has 1 fully saturated rings. The summed E-state index contributed by atoms with van der Waals surface area (Å²) in [6, 6.07) is 3.74. The van der Waals surface area contributed by atoms with Crippen molar-refractivity contribution in [2.45, 2.75) is 24.1 Å². The van der Waals surface area contributed by atoms with Gasteiger partial charge in [0.2, 0.25) is 11.7 Å². The summed E-state index contributed by atoms with van der Waals surface area (Å²) in [5.41, 5.74) is 2.01. The predicted molar refractivity (Wildman–Crippen MR) is 115 cm³/mol. The van der Waals surface area contributed by atoms with Gasteiger partial charge in [0.15, 0.2) is 11.5 Å². The smallest absolute Gasteiger partial charge is 0.224 e. The van der Waals surface area contributed by atoms with Crippen LogP contribution in [-0.2, 0) is 11.3 Å². The molecule has 1 saturated heterocycles. The van der Waals surface area contributed by atoms with E-state index in [1.807, 2.05) is 30.1 Å². The highest BCUT2D eigenvalue weighted by Gasteiger charge is 2.54. The van der Waals surface area contributed by atoms with E-state index in [4.69, 9.17) is 14.2 Å². The maximum Gasteiger partial charge on any atom is 0.224 e. The fourth-order valence-electron chi connectivity index (χ4n) is 4.50. The number of nitrogens with zero attached hydrogens (tertiary/aromatic N) is 1. The van der Waals surface area contributed by atoms with E-state index in [9.17, 15) is 4.79 Å². The van der Waals surface area contributed by atoms with Crippen LogP contribution in [0, 0.1) is 11.8 Å². The van der Waals surface area contributed by atoms with Crippen LogP contribution in [0.15, 0.2) is 41.1 Å². The Labute approximate surface area is 175 Å². The lowest BCUT2D eigenvalue weighted by Crippen LogP contribution is -2.43. The van der Waals surface area contributed by atoms with Crippen LogP contribution in [0.25, 0.3) is 0 Å². The van der Waals surface area contributed by atoms with Crippen LogP contribution in [-0.4, -0.2) is 44.0 Å². The minimum absolute atomic E-state index is 0.0244. The fraction of sp³-hybridized carbons (Fsp3) is 0.455. The molecule has 2 aliphatic heterocycles. The molecule has 7 heteroatoms. The van der Waals surface area contributed by atoms with Gasteiger partial charge < -0.3 is 19.5 Å². The Balaban J connectivity index is 1.48. The Kier molecular flexibility index (Phi) is 5.58. The quantitative estimate of drug-likeness (QED) is 0.773. The number of aliphatic imine (C=N–C) groups is 1. The molecule has 0 bridgehead atoms. The number of rotatable bonds is 6. The molecule has 29 heavy (non-hydrogen) atoms. The lowest BCUT2D eigenvalue weighted by atomic mass is 9.73. The third kappa shape index (κ3) is 3.41. The summed E-state index contributed by atoms with van der Waals surface area (Å²) in [7, 11) is 4.75. The molecule has 1 aromatic rings. The highest BCUT2D eigenvalue weighted by Crippen LogP contribution is 2.57. The Bertz CT molecular complexity index is 870. The number of benzene rings is 1. The summed E-state index contributed by atoms with van der Waals surface area (Å²) in [4.78, 5) is 17.7. The second-order valence-electron chi connectivity index (χ2n) is 7.40. The van der Waals surface area contributed by atoms with Crippen LogP contribution < -0.4 is 19.5 Å². The minimum Gasteiger partial charge on any atom is -0.493 e. The molecule has 154 valence electrons. The van der Waals surface area contributed by atoms with E-state index in [2.05, 4.69) is 28.5 Å². The standard InChI is InChI=1S/C22H26N2O4S/c1-26-17-10-14(11-18(27-2)20(17)28-3)12-24-21(25)15-13-29-22-8-5-4-6-19(22)23-9-7-16(15)22/h4-6,9-11,15-16H,7-8,12-13H2,1-3H3,(H,24,25). The van der Waals surface area contributed by atoms with Crippen molar-refractivity contribution in [2.75, 3.05) is 27.1 Å². The first-order valence-corrected chi connectivity index (χ1v) is 10.7. The molecular formula is C22H26N2O4S. The van der Waals surface area contributed by atoms with Gasteiger partial charge in [0.1, 0.15) is 0 Å². The number of carbonyl (C=O) groups is 1. The number of hydrogen-bond acceptors (Lipinski definition) is 6. The molecule has 1 spiro atoms. The van der Waals surface area contributed by atoms with Gasteiger partial charge in [-0.15, -0.1) is 11.8 Å². The number of ether oxygens (including phenoxy) is 3. The average molecular weight is 415 g/mol. The Morgan fingerprint density at radius 2 is 2.00 bits per heavy atom. The van der Waals surface area contributed by atoms with E-state index in [0.717, 1.165) is 29.9 Å². The van der Waals surface area contributed by atoms with Crippen LogP contribution in [0.5, 0.6) is 17.2 Å². The van der Waals surface area contributed by atoms with Gasteiger partial charge in [-0.3, -0.25) is 9.79 Å². The van der Waals surface area contributed by atoms with Gasteiger partial charge in [-0.2, -0.15) is 0 Å². The van der Waals surface area contributed by atoms with E-state index >= 15 is 0 Å². The molecule has 1 aromatic carbocycles.